The van der Waals surface area contributed by atoms with Crippen LogP contribution < -0.4 is 10.3 Å². The van der Waals surface area contributed by atoms with Gasteiger partial charge in [-0.1, -0.05) is 49.4 Å². The van der Waals surface area contributed by atoms with Crippen molar-refractivity contribution in [2.24, 2.45) is 0 Å². The summed E-state index contributed by atoms with van der Waals surface area (Å²) in [6.07, 6.45) is 0. The summed E-state index contributed by atoms with van der Waals surface area (Å²) >= 11 is 1.01. The number of carbonyl (C=O) groups excluding carboxylic acids is 2. The third-order valence-electron chi connectivity index (χ3n) is 6.20. The SMILES string of the molecule is CCOC(=O)c1sc(N2C(=O)c3oc4ccc(F)cc4c(=O)c3C2c2ccc(C(C)C)cc2)nc1C. The van der Waals surface area contributed by atoms with Crippen LogP contribution in [0.2, 0.25) is 0 Å². The van der Waals surface area contributed by atoms with Crippen LogP contribution in [0.15, 0.2) is 51.7 Å². The Bertz CT molecular complexity index is 1570. The number of anilines is 1. The van der Waals surface area contributed by atoms with E-state index in [0.717, 1.165) is 23.0 Å². The topological polar surface area (TPSA) is 89.7 Å². The Hall–Kier alpha value is -3.85. The van der Waals surface area contributed by atoms with Gasteiger partial charge < -0.3 is 9.15 Å². The lowest BCUT2D eigenvalue weighted by Crippen LogP contribution is -2.29. The molecule has 4 aromatic rings. The number of carbonyl (C=O) groups is 2. The highest BCUT2D eigenvalue weighted by Crippen LogP contribution is 2.43. The van der Waals surface area contributed by atoms with Crippen LogP contribution in [0.5, 0.6) is 0 Å². The molecule has 0 saturated heterocycles. The molecule has 1 unspecified atom stereocenters. The van der Waals surface area contributed by atoms with Gasteiger partial charge in [0, 0.05) is 0 Å². The predicted molar refractivity (Wildman–Crippen MR) is 134 cm³/mol. The van der Waals surface area contributed by atoms with Crippen LogP contribution in [0.25, 0.3) is 11.0 Å². The maximum Gasteiger partial charge on any atom is 0.350 e. The highest BCUT2D eigenvalue weighted by molar-refractivity contribution is 7.17. The standard InChI is InChI=1S/C27H23FN2O5S/c1-5-34-26(33)24-14(4)29-27(36-24)30-21(16-8-6-15(7-9-16)13(2)3)20-22(31)18-12-17(28)10-11-19(18)35-23(20)25(30)32/h6-13,21H,5H2,1-4H3. The smallest absolute Gasteiger partial charge is 0.350 e. The first kappa shape index (κ1) is 23.9. The summed E-state index contributed by atoms with van der Waals surface area (Å²) in [6, 6.07) is 10.4. The first-order chi connectivity index (χ1) is 17.2. The van der Waals surface area contributed by atoms with E-state index >= 15 is 0 Å². The molecule has 0 aliphatic carbocycles. The van der Waals surface area contributed by atoms with Gasteiger partial charge in [0.2, 0.25) is 5.76 Å². The second kappa shape index (κ2) is 8.98. The van der Waals surface area contributed by atoms with Crippen molar-refractivity contribution in [3.8, 4) is 0 Å². The number of aryl methyl sites for hydroxylation is 1. The van der Waals surface area contributed by atoms with Gasteiger partial charge in [0.1, 0.15) is 16.3 Å². The van der Waals surface area contributed by atoms with Gasteiger partial charge in [-0.3, -0.25) is 14.5 Å². The number of rotatable bonds is 5. The maximum absolute atomic E-state index is 14.0. The molecule has 2 aromatic carbocycles. The van der Waals surface area contributed by atoms with Gasteiger partial charge in [0.05, 0.1) is 29.3 Å². The molecule has 1 aliphatic heterocycles. The van der Waals surface area contributed by atoms with Crippen LogP contribution in [-0.4, -0.2) is 23.5 Å². The number of ether oxygens (including phenoxy) is 1. The fraction of sp³-hybridized carbons (Fsp3) is 0.259. The van der Waals surface area contributed by atoms with Crippen molar-refractivity contribution in [3.05, 3.63) is 91.5 Å². The Morgan fingerprint density at radius 3 is 2.58 bits per heavy atom. The van der Waals surface area contributed by atoms with Gasteiger partial charge in [0.15, 0.2) is 10.6 Å². The van der Waals surface area contributed by atoms with E-state index in [4.69, 9.17) is 9.15 Å². The molecule has 0 bridgehead atoms. The Morgan fingerprint density at radius 1 is 1.19 bits per heavy atom. The number of fused-ring (bicyclic) bond motifs is 2. The molecule has 1 aliphatic rings. The molecule has 5 rings (SSSR count). The summed E-state index contributed by atoms with van der Waals surface area (Å²) < 4.78 is 25.0. The predicted octanol–water partition coefficient (Wildman–Crippen LogP) is 5.75. The fourth-order valence-corrected chi connectivity index (χ4v) is 5.38. The van der Waals surface area contributed by atoms with Crippen LogP contribution in [0, 0.1) is 12.7 Å². The Kier molecular flexibility index (Phi) is 5.96. The molecule has 7 nitrogen and oxygen atoms in total. The summed E-state index contributed by atoms with van der Waals surface area (Å²) in [4.78, 5) is 45.9. The molecule has 184 valence electrons. The summed E-state index contributed by atoms with van der Waals surface area (Å²) in [5.74, 6) is -1.50. The number of thiazole rings is 1. The first-order valence-corrected chi connectivity index (χ1v) is 12.4. The van der Waals surface area contributed by atoms with Crippen molar-refractivity contribution in [2.75, 3.05) is 11.5 Å². The Morgan fingerprint density at radius 2 is 1.92 bits per heavy atom. The number of nitrogens with zero attached hydrogens (tertiary/aromatic N) is 2. The molecule has 0 fully saturated rings. The number of amides is 1. The molecule has 0 spiro atoms. The lowest BCUT2D eigenvalue weighted by Gasteiger charge is -2.23. The van der Waals surface area contributed by atoms with E-state index in [0.29, 0.717) is 17.2 Å². The normalized spacial score (nSPS) is 15.1. The molecule has 0 saturated carbocycles. The average molecular weight is 507 g/mol. The van der Waals surface area contributed by atoms with Gasteiger partial charge in [-0.15, -0.1) is 0 Å². The third-order valence-corrected chi connectivity index (χ3v) is 7.34. The van der Waals surface area contributed by atoms with E-state index in [2.05, 4.69) is 18.8 Å². The minimum absolute atomic E-state index is 0.0507. The van der Waals surface area contributed by atoms with Crippen LogP contribution >= 0.6 is 11.3 Å². The zero-order valence-corrected chi connectivity index (χ0v) is 20.9. The minimum atomic E-state index is -0.863. The second-order valence-electron chi connectivity index (χ2n) is 8.84. The summed E-state index contributed by atoms with van der Waals surface area (Å²) in [7, 11) is 0. The van der Waals surface area contributed by atoms with Crippen molar-refractivity contribution < 1.29 is 23.1 Å². The highest BCUT2D eigenvalue weighted by Gasteiger charge is 2.45. The highest BCUT2D eigenvalue weighted by atomic mass is 32.1. The Balaban J connectivity index is 1.74. The van der Waals surface area contributed by atoms with E-state index in [1.165, 1.54) is 17.0 Å². The third kappa shape index (κ3) is 3.80. The van der Waals surface area contributed by atoms with Gasteiger partial charge in [-0.05, 0) is 49.1 Å². The van der Waals surface area contributed by atoms with Gasteiger partial charge in [-0.2, -0.15) is 0 Å². The zero-order valence-electron chi connectivity index (χ0n) is 20.1. The Labute approximate surface area is 210 Å². The van der Waals surface area contributed by atoms with Crippen LogP contribution in [0.3, 0.4) is 0 Å². The van der Waals surface area contributed by atoms with Crippen molar-refractivity contribution in [2.45, 2.75) is 39.7 Å². The number of esters is 1. The van der Waals surface area contributed by atoms with E-state index in [1.54, 1.807) is 13.8 Å². The molecular formula is C27H23FN2O5S. The average Bonchev–Trinajstić information content (AvgIpc) is 3.37. The largest absolute Gasteiger partial charge is 0.462 e. The lowest BCUT2D eigenvalue weighted by atomic mass is 9.95. The van der Waals surface area contributed by atoms with Gasteiger partial charge in [0.25, 0.3) is 5.91 Å². The molecule has 1 amide bonds. The van der Waals surface area contributed by atoms with E-state index in [-0.39, 0.29) is 38.9 Å². The number of aromatic nitrogens is 1. The van der Waals surface area contributed by atoms with Crippen LogP contribution in [-0.2, 0) is 4.74 Å². The second-order valence-corrected chi connectivity index (χ2v) is 9.82. The molecule has 2 aromatic heterocycles. The first-order valence-electron chi connectivity index (χ1n) is 11.6. The van der Waals surface area contributed by atoms with E-state index in [1.807, 2.05) is 24.3 Å². The fourth-order valence-electron chi connectivity index (χ4n) is 4.39. The number of hydrogen-bond donors (Lipinski definition) is 0. The summed E-state index contributed by atoms with van der Waals surface area (Å²) in [5, 5.41) is 0.286. The van der Waals surface area contributed by atoms with Gasteiger partial charge in [-0.25, -0.2) is 14.2 Å². The van der Waals surface area contributed by atoms with Crippen LogP contribution in [0.4, 0.5) is 9.52 Å². The van der Waals surface area contributed by atoms with Crippen LogP contribution in [0.1, 0.15) is 75.3 Å². The van der Waals surface area contributed by atoms with E-state index in [9.17, 15) is 18.8 Å². The lowest BCUT2D eigenvalue weighted by molar-refractivity contribution is 0.0531. The molecule has 0 radical (unpaired) electrons. The number of benzene rings is 2. The molecule has 3 heterocycles. The maximum atomic E-state index is 14.0. The summed E-state index contributed by atoms with van der Waals surface area (Å²) in [6.45, 7) is 7.71. The van der Waals surface area contributed by atoms with Crippen molar-refractivity contribution in [1.82, 2.24) is 4.98 Å². The van der Waals surface area contributed by atoms with Crippen molar-refractivity contribution >= 4 is 39.3 Å². The van der Waals surface area contributed by atoms with E-state index < -0.39 is 29.2 Å². The molecule has 0 N–H and O–H groups in total. The number of halogens is 1. The number of hydrogen-bond acceptors (Lipinski definition) is 7. The molecule has 36 heavy (non-hydrogen) atoms. The molecule has 9 heteroatoms. The molecule has 1 atom stereocenters. The minimum Gasteiger partial charge on any atom is -0.462 e. The van der Waals surface area contributed by atoms with Crippen molar-refractivity contribution in [3.63, 3.8) is 0 Å². The quantitative estimate of drug-likeness (QED) is 0.320. The van der Waals surface area contributed by atoms with Gasteiger partial charge >= 0.3 is 5.97 Å². The monoisotopic (exact) mass is 506 g/mol. The van der Waals surface area contributed by atoms with Crippen molar-refractivity contribution in [1.29, 1.82) is 0 Å². The zero-order chi connectivity index (χ0) is 25.7. The summed E-state index contributed by atoms with van der Waals surface area (Å²) in [5.41, 5.74) is 1.92. The molecular weight excluding hydrogens is 483 g/mol.